The number of para-hydroxylation sites is 2. The summed E-state index contributed by atoms with van der Waals surface area (Å²) in [5.41, 5.74) is 2.27. The number of anilines is 1. The molecule has 0 aliphatic carbocycles. The molecule has 2 fully saturated rings. The van der Waals surface area contributed by atoms with Crippen molar-refractivity contribution in [1.82, 2.24) is 9.80 Å². The maximum atomic E-state index is 13.5. The van der Waals surface area contributed by atoms with Gasteiger partial charge in [-0.3, -0.25) is 9.80 Å². The van der Waals surface area contributed by atoms with Crippen LogP contribution in [0.2, 0.25) is 0 Å². The molecule has 0 amide bonds. The Hall–Kier alpha value is -2.11. The molecule has 5 heteroatoms. The van der Waals surface area contributed by atoms with Crippen LogP contribution in [0.15, 0.2) is 48.5 Å². The molecule has 0 bridgehead atoms. The van der Waals surface area contributed by atoms with Crippen molar-refractivity contribution in [2.75, 3.05) is 51.3 Å². The Morgan fingerprint density at radius 2 is 1.82 bits per heavy atom. The summed E-state index contributed by atoms with van der Waals surface area (Å²) in [6.07, 6.45) is 2.47. The van der Waals surface area contributed by atoms with Crippen LogP contribution in [0, 0.1) is 5.82 Å². The second-order valence-electron chi connectivity index (χ2n) is 7.86. The molecular formula is C23H30FN3O. The number of likely N-dealkylation sites (tertiary alicyclic amines) is 1. The van der Waals surface area contributed by atoms with E-state index in [2.05, 4.69) is 26.8 Å². The van der Waals surface area contributed by atoms with Gasteiger partial charge < -0.3 is 9.64 Å². The molecule has 28 heavy (non-hydrogen) atoms. The number of benzene rings is 2. The quantitative estimate of drug-likeness (QED) is 0.785. The number of halogens is 1. The minimum Gasteiger partial charge on any atom is -0.495 e. The van der Waals surface area contributed by atoms with Crippen LogP contribution >= 0.6 is 0 Å². The van der Waals surface area contributed by atoms with Gasteiger partial charge in [0.2, 0.25) is 0 Å². The van der Waals surface area contributed by atoms with E-state index in [1.54, 1.807) is 13.2 Å². The van der Waals surface area contributed by atoms with E-state index in [1.807, 2.05) is 24.3 Å². The van der Waals surface area contributed by atoms with Gasteiger partial charge in [0.05, 0.1) is 12.8 Å². The van der Waals surface area contributed by atoms with Gasteiger partial charge in [0.25, 0.3) is 0 Å². The third kappa shape index (κ3) is 4.47. The summed E-state index contributed by atoms with van der Waals surface area (Å²) in [6.45, 7) is 7.24. The lowest BCUT2D eigenvalue weighted by molar-refractivity contribution is 0.0886. The van der Waals surface area contributed by atoms with E-state index in [0.717, 1.165) is 57.1 Å². The molecule has 4 nitrogen and oxygen atoms in total. The molecule has 2 aliphatic rings. The van der Waals surface area contributed by atoms with Gasteiger partial charge in [-0.1, -0.05) is 24.3 Å². The lowest BCUT2D eigenvalue weighted by Gasteiger charge is -2.44. The summed E-state index contributed by atoms with van der Waals surface area (Å²) in [5, 5.41) is 0. The molecule has 0 saturated carbocycles. The van der Waals surface area contributed by atoms with Gasteiger partial charge in [-0.15, -0.1) is 0 Å². The summed E-state index contributed by atoms with van der Waals surface area (Å²) in [5.74, 6) is 0.813. The monoisotopic (exact) mass is 383 g/mol. The number of hydrogen-bond donors (Lipinski definition) is 0. The minimum absolute atomic E-state index is 0.140. The predicted octanol–water partition coefficient (Wildman–Crippen LogP) is 3.62. The first-order chi connectivity index (χ1) is 13.7. The smallest absolute Gasteiger partial charge is 0.142 e. The van der Waals surface area contributed by atoms with Crippen LogP contribution in [0.3, 0.4) is 0 Å². The Balaban J connectivity index is 1.33. The largest absolute Gasteiger partial charge is 0.495 e. The van der Waals surface area contributed by atoms with Crippen LogP contribution < -0.4 is 9.64 Å². The number of piperidine rings is 1. The van der Waals surface area contributed by atoms with Gasteiger partial charge in [-0.05, 0) is 49.2 Å². The lowest BCUT2D eigenvalue weighted by atomic mass is 10.0. The van der Waals surface area contributed by atoms with Gasteiger partial charge in [-0.25, -0.2) is 4.39 Å². The number of rotatable bonds is 5. The highest BCUT2D eigenvalue weighted by atomic mass is 19.1. The van der Waals surface area contributed by atoms with Crippen molar-refractivity contribution < 1.29 is 9.13 Å². The van der Waals surface area contributed by atoms with E-state index in [1.165, 1.54) is 24.6 Å². The highest BCUT2D eigenvalue weighted by molar-refractivity contribution is 5.58. The summed E-state index contributed by atoms with van der Waals surface area (Å²) in [7, 11) is 1.74. The molecule has 1 atom stereocenters. The maximum Gasteiger partial charge on any atom is 0.142 e. The van der Waals surface area contributed by atoms with E-state index in [4.69, 9.17) is 4.74 Å². The Morgan fingerprint density at radius 1 is 1.00 bits per heavy atom. The molecule has 2 saturated heterocycles. The average Bonchev–Trinajstić information content (AvgIpc) is 2.74. The molecule has 0 N–H and O–H groups in total. The highest BCUT2D eigenvalue weighted by Gasteiger charge is 2.28. The Kier molecular flexibility index (Phi) is 6.13. The third-order valence-corrected chi connectivity index (χ3v) is 6.03. The zero-order valence-corrected chi connectivity index (χ0v) is 16.7. The van der Waals surface area contributed by atoms with Crippen molar-refractivity contribution in [1.29, 1.82) is 0 Å². The van der Waals surface area contributed by atoms with Gasteiger partial charge in [0, 0.05) is 45.3 Å². The van der Waals surface area contributed by atoms with Gasteiger partial charge in [0.1, 0.15) is 11.6 Å². The SMILES string of the molecule is COc1ccccc1N1CCN([C@H]2CCCN(Cc3cccc(F)c3)C2)CC1. The number of ether oxygens (including phenoxy) is 1. The van der Waals surface area contributed by atoms with Crippen molar-refractivity contribution in [3.63, 3.8) is 0 Å². The van der Waals surface area contributed by atoms with Crippen LogP contribution in [0.4, 0.5) is 10.1 Å². The Labute approximate surface area is 167 Å². The van der Waals surface area contributed by atoms with Crippen molar-refractivity contribution in [3.8, 4) is 5.75 Å². The van der Waals surface area contributed by atoms with Gasteiger partial charge in [0.15, 0.2) is 0 Å². The van der Waals surface area contributed by atoms with Crippen LogP contribution in [0.25, 0.3) is 0 Å². The fraction of sp³-hybridized carbons (Fsp3) is 0.478. The molecular weight excluding hydrogens is 353 g/mol. The number of nitrogens with zero attached hydrogens (tertiary/aromatic N) is 3. The Morgan fingerprint density at radius 3 is 2.61 bits per heavy atom. The topological polar surface area (TPSA) is 19.0 Å². The average molecular weight is 384 g/mol. The molecule has 2 heterocycles. The first-order valence-electron chi connectivity index (χ1n) is 10.3. The summed E-state index contributed by atoms with van der Waals surface area (Å²) >= 11 is 0. The first kappa shape index (κ1) is 19.2. The van der Waals surface area contributed by atoms with Crippen molar-refractivity contribution in [2.45, 2.75) is 25.4 Å². The highest BCUT2D eigenvalue weighted by Crippen LogP contribution is 2.29. The number of hydrogen-bond acceptors (Lipinski definition) is 4. The third-order valence-electron chi connectivity index (χ3n) is 6.03. The van der Waals surface area contributed by atoms with Crippen LogP contribution in [-0.4, -0.2) is 62.2 Å². The summed E-state index contributed by atoms with van der Waals surface area (Å²) < 4.78 is 19.0. The molecule has 2 aromatic rings. The molecule has 0 radical (unpaired) electrons. The number of piperazine rings is 1. The van der Waals surface area contributed by atoms with E-state index < -0.39 is 0 Å². The van der Waals surface area contributed by atoms with Crippen molar-refractivity contribution >= 4 is 5.69 Å². The van der Waals surface area contributed by atoms with Crippen molar-refractivity contribution in [2.24, 2.45) is 0 Å². The van der Waals surface area contributed by atoms with Gasteiger partial charge >= 0.3 is 0 Å². The zero-order valence-electron chi connectivity index (χ0n) is 16.7. The van der Waals surface area contributed by atoms with Gasteiger partial charge in [-0.2, -0.15) is 0 Å². The summed E-state index contributed by atoms with van der Waals surface area (Å²) in [6, 6.07) is 15.9. The second kappa shape index (κ2) is 8.93. The fourth-order valence-electron chi connectivity index (χ4n) is 4.59. The maximum absolute atomic E-state index is 13.5. The standard InChI is InChI=1S/C23H30FN3O/c1-28-23-10-3-2-9-22(23)27-14-12-26(13-15-27)21-8-5-11-25(18-21)17-19-6-4-7-20(24)16-19/h2-4,6-7,9-10,16,21H,5,8,11-15,17-18H2,1H3/t21-/m0/s1. The fourth-order valence-corrected chi connectivity index (χ4v) is 4.59. The molecule has 0 spiro atoms. The molecule has 0 unspecified atom stereocenters. The molecule has 2 aromatic carbocycles. The number of methoxy groups -OCH3 is 1. The lowest BCUT2D eigenvalue weighted by Crippen LogP contribution is -2.55. The van der Waals surface area contributed by atoms with E-state index >= 15 is 0 Å². The molecule has 150 valence electrons. The first-order valence-corrected chi connectivity index (χ1v) is 10.3. The normalized spacial score (nSPS) is 21.6. The second-order valence-corrected chi connectivity index (χ2v) is 7.86. The minimum atomic E-state index is -0.140. The summed E-state index contributed by atoms with van der Waals surface area (Å²) in [4.78, 5) is 7.56. The van der Waals surface area contributed by atoms with Crippen LogP contribution in [-0.2, 0) is 6.54 Å². The predicted molar refractivity (Wildman–Crippen MR) is 111 cm³/mol. The Bertz CT molecular complexity index is 776. The van der Waals surface area contributed by atoms with Crippen LogP contribution in [0.1, 0.15) is 18.4 Å². The van der Waals surface area contributed by atoms with E-state index in [9.17, 15) is 4.39 Å². The van der Waals surface area contributed by atoms with Crippen molar-refractivity contribution in [3.05, 3.63) is 59.9 Å². The molecule has 4 rings (SSSR count). The zero-order chi connectivity index (χ0) is 19.3. The molecule has 2 aliphatic heterocycles. The van der Waals surface area contributed by atoms with Crippen LogP contribution in [0.5, 0.6) is 5.75 Å². The van der Waals surface area contributed by atoms with E-state index in [-0.39, 0.29) is 5.82 Å². The molecule has 0 aromatic heterocycles. The van der Waals surface area contributed by atoms with E-state index in [0.29, 0.717) is 6.04 Å².